The molecule has 16 heavy (non-hydrogen) atoms. The second-order valence-electron chi connectivity index (χ2n) is 4.06. The van der Waals surface area contributed by atoms with E-state index in [4.69, 9.17) is 9.57 Å². The Morgan fingerprint density at radius 2 is 2.12 bits per heavy atom. The predicted octanol–water partition coefficient (Wildman–Crippen LogP) is 2.69. The van der Waals surface area contributed by atoms with Crippen LogP contribution in [-0.2, 0) is 9.57 Å². The first-order chi connectivity index (χ1) is 7.82. The molecule has 0 saturated carbocycles. The van der Waals surface area contributed by atoms with E-state index in [-0.39, 0.29) is 4.83 Å². The summed E-state index contributed by atoms with van der Waals surface area (Å²) in [6, 6.07) is 10.1. The van der Waals surface area contributed by atoms with E-state index in [0.717, 1.165) is 30.7 Å². The first kappa shape index (κ1) is 10.3. The zero-order valence-corrected chi connectivity index (χ0v) is 10.3. The largest absolute Gasteiger partial charge is 0.358 e. The maximum Gasteiger partial charge on any atom is 0.255 e. The fourth-order valence-electron chi connectivity index (χ4n) is 2.14. The number of oxime groups is 1. The summed E-state index contributed by atoms with van der Waals surface area (Å²) in [5.41, 5.74) is 2.00. The highest BCUT2D eigenvalue weighted by atomic mass is 79.9. The summed E-state index contributed by atoms with van der Waals surface area (Å²) in [7, 11) is 0. The third kappa shape index (κ3) is 1.48. The van der Waals surface area contributed by atoms with E-state index in [1.807, 2.05) is 30.3 Å². The maximum absolute atomic E-state index is 5.68. The molecule has 0 bridgehead atoms. The fraction of sp³-hybridized carbons (Fsp3) is 0.417. The first-order valence-corrected chi connectivity index (χ1v) is 6.33. The topological polar surface area (TPSA) is 30.8 Å². The number of hydrogen-bond donors (Lipinski definition) is 0. The minimum atomic E-state index is -0.564. The van der Waals surface area contributed by atoms with Crippen LogP contribution in [0.15, 0.2) is 35.5 Å². The van der Waals surface area contributed by atoms with Crippen molar-refractivity contribution in [3.05, 3.63) is 35.9 Å². The molecule has 2 unspecified atom stereocenters. The molecule has 3 nitrogen and oxygen atoms in total. The van der Waals surface area contributed by atoms with Gasteiger partial charge >= 0.3 is 0 Å². The quantitative estimate of drug-likeness (QED) is 0.741. The fourth-order valence-corrected chi connectivity index (χ4v) is 2.94. The second kappa shape index (κ2) is 3.86. The van der Waals surface area contributed by atoms with Gasteiger partial charge in [-0.2, -0.15) is 0 Å². The number of nitrogens with zero attached hydrogens (tertiary/aromatic N) is 1. The first-order valence-electron chi connectivity index (χ1n) is 5.41. The van der Waals surface area contributed by atoms with Gasteiger partial charge in [0.2, 0.25) is 0 Å². The van der Waals surface area contributed by atoms with Crippen molar-refractivity contribution in [1.82, 2.24) is 0 Å². The molecule has 0 radical (unpaired) electrons. The molecule has 2 aliphatic rings. The molecule has 0 aliphatic carbocycles. The molecule has 0 amide bonds. The minimum absolute atomic E-state index is 0.0184. The van der Waals surface area contributed by atoms with Gasteiger partial charge < -0.3 is 9.57 Å². The van der Waals surface area contributed by atoms with E-state index in [1.54, 1.807) is 0 Å². The number of alkyl halides is 1. The van der Waals surface area contributed by atoms with Crippen molar-refractivity contribution in [2.75, 3.05) is 6.61 Å². The molecule has 84 valence electrons. The van der Waals surface area contributed by atoms with E-state index in [9.17, 15) is 0 Å². The van der Waals surface area contributed by atoms with Crippen molar-refractivity contribution in [2.24, 2.45) is 5.16 Å². The zero-order chi connectivity index (χ0) is 11.0. The van der Waals surface area contributed by atoms with Gasteiger partial charge in [0.15, 0.2) is 0 Å². The molecule has 2 heterocycles. The summed E-state index contributed by atoms with van der Waals surface area (Å²) >= 11 is 3.64. The van der Waals surface area contributed by atoms with Crippen LogP contribution in [0.5, 0.6) is 0 Å². The highest BCUT2D eigenvalue weighted by Gasteiger charge is 2.51. The highest BCUT2D eigenvalue weighted by Crippen LogP contribution is 2.40. The molecule has 2 atom stereocenters. The van der Waals surface area contributed by atoms with Crippen molar-refractivity contribution in [1.29, 1.82) is 0 Å². The van der Waals surface area contributed by atoms with Gasteiger partial charge in [0.05, 0.1) is 6.61 Å². The van der Waals surface area contributed by atoms with E-state index in [0.29, 0.717) is 0 Å². The van der Waals surface area contributed by atoms with Gasteiger partial charge in [0.1, 0.15) is 10.5 Å². The Kier molecular flexibility index (Phi) is 2.48. The van der Waals surface area contributed by atoms with Crippen molar-refractivity contribution >= 4 is 21.6 Å². The van der Waals surface area contributed by atoms with Crippen LogP contribution in [0.2, 0.25) is 0 Å². The van der Waals surface area contributed by atoms with Crippen molar-refractivity contribution in [3.8, 4) is 0 Å². The monoisotopic (exact) mass is 281 g/mol. The lowest BCUT2D eigenvalue weighted by Crippen LogP contribution is -2.39. The van der Waals surface area contributed by atoms with Gasteiger partial charge in [0, 0.05) is 12.0 Å². The molecule has 2 aliphatic heterocycles. The summed E-state index contributed by atoms with van der Waals surface area (Å²) in [6.07, 6.45) is 1.92. The van der Waals surface area contributed by atoms with Gasteiger partial charge in [-0.15, -0.1) is 0 Å². The molecule has 4 heteroatoms. The Labute approximate surface area is 103 Å². The molecular weight excluding hydrogens is 270 g/mol. The third-order valence-corrected chi connectivity index (χ3v) is 4.14. The summed E-state index contributed by atoms with van der Waals surface area (Å²) in [4.78, 5) is 5.52. The summed E-state index contributed by atoms with van der Waals surface area (Å²) < 4.78 is 5.68. The number of hydrogen-bond acceptors (Lipinski definition) is 3. The molecule has 1 saturated heterocycles. The predicted molar refractivity (Wildman–Crippen MR) is 64.7 cm³/mol. The lowest BCUT2D eigenvalue weighted by atomic mass is 10.0. The summed E-state index contributed by atoms with van der Waals surface area (Å²) in [5.74, 6) is -0.564. The molecular formula is C12H12BrNO2. The minimum Gasteiger partial charge on any atom is -0.358 e. The van der Waals surface area contributed by atoms with Crippen molar-refractivity contribution in [3.63, 3.8) is 0 Å². The number of rotatable bonds is 1. The Morgan fingerprint density at radius 1 is 1.31 bits per heavy atom. The molecule has 1 fully saturated rings. The maximum atomic E-state index is 5.68. The summed E-state index contributed by atoms with van der Waals surface area (Å²) in [5, 5.41) is 4.17. The van der Waals surface area contributed by atoms with E-state index < -0.39 is 5.79 Å². The van der Waals surface area contributed by atoms with Crippen LogP contribution in [0, 0.1) is 0 Å². The number of ether oxygens (including phenoxy) is 1. The van der Waals surface area contributed by atoms with Gasteiger partial charge in [-0.1, -0.05) is 51.4 Å². The van der Waals surface area contributed by atoms with Gasteiger partial charge in [-0.05, 0) is 6.42 Å². The Hall–Kier alpha value is -0.870. The van der Waals surface area contributed by atoms with Gasteiger partial charge in [-0.3, -0.25) is 0 Å². The smallest absolute Gasteiger partial charge is 0.255 e. The third-order valence-electron chi connectivity index (χ3n) is 3.01. The van der Waals surface area contributed by atoms with Gasteiger partial charge in [-0.25, -0.2) is 0 Å². The van der Waals surface area contributed by atoms with Crippen molar-refractivity contribution in [2.45, 2.75) is 23.5 Å². The van der Waals surface area contributed by atoms with Gasteiger partial charge in [0.25, 0.3) is 5.79 Å². The Bertz CT molecular complexity index is 412. The average Bonchev–Trinajstić information content (AvgIpc) is 2.91. The van der Waals surface area contributed by atoms with Crippen LogP contribution in [0.4, 0.5) is 0 Å². The lowest BCUT2D eigenvalue weighted by Gasteiger charge is -2.23. The second-order valence-corrected chi connectivity index (χ2v) is 4.98. The number of halogens is 1. The molecule has 1 aromatic rings. The molecule has 0 aromatic heterocycles. The van der Waals surface area contributed by atoms with Crippen LogP contribution < -0.4 is 0 Å². The normalized spacial score (nSPS) is 32.8. The molecule has 0 N–H and O–H groups in total. The molecule has 3 rings (SSSR count). The zero-order valence-electron chi connectivity index (χ0n) is 8.73. The highest BCUT2D eigenvalue weighted by molar-refractivity contribution is 9.10. The van der Waals surface area contributed by atoms with Crippen LogP contribution >= 0.6 is 15.9 Å². The Morgan fingerprint density at radius 3 is 2.81 bits per heavy atom. The molecule has 1 spiro atoms. The standard InChI is InChI=1S/C12H12BrNO2/c13-11-10(9-5-2-1-3-6-9)14-16-12(11)7-4-8-15-12/h1-3,5-6,11H,4,7-8H2. The SMILES string of the molecule is BrC1C(c2ccccc2)=NOC12CCCO2. The average molecular weight is 282 g/mol. The van der Waals surface area contributed by atoms with E-state index in [1.165, 1.54) is 0 Å². The van der Waals surface area contributed by atoms with E-state index >= 15 is 0 Å². The van der Waals surface area contributed by atoms with Crippen LogP contribution in [0.3, 0.4) is 0 Å². The van der Waals surface area contributed by atoms with Crippen LogP contribution in [-0.4, -0.2) is 22.9 Å². The van der Waals surface area contributed by atoms with Crippen molar-refractivity contribution < 1.29 is 9.57 Å². The van der Waals surface area contributed by atoms with E-state index in [2.05, 4.69) is 21.1 Å². The van der Waals surface area contributed by atoms with Crippen LogP contribution in [0.1, 0.15) is 18.4 Å². The Balaban J connectivity index is 1.89. The van der Waals surface area contributed by atoms with Crippen LogP contribution in [0.25, 0.3) is 0 Å². The summed E-state index contributed by atoms with van der Waals surface area (Å²) in [6.45, 7) is 0.750. The molecule has 1 aromatic carbocycles. The number of benzene rings is 1. The lowest BCUT2D eigenvalue weighted by molar-refractivity contribution is -0.188.